The Hall–Kier alpha value is 0.0169. The highest BCUT2D eigenvalue weighted by Crippen LogP contribution is 2.32. The standard InChI is InChI=1S/C15H35NO4Si/c1-7-10(3)12(5)13(6)15(11(4)8-2)20-21(18,19)14(17)9-16/h10-15,17-19H,7-9,16H2,1-6H3. The molecule has 6 unspecified atom stereocenters. The first kappa shape index (κ1) is 21.0. The first-order valence-electron chi connectivity index (χ1n) is 8.12. The Morgan fingerprint density at radius 1 is 0.952 bits per heavy atom. The van der Waals surface area contributed by atoms with Crippen molar-refractivity contribution in [1.82, 2.24) is 0 Å². The molecule has 128 valence electrons. The van der Waals surface area contributed by atoms with Crippen molar-refractivity contribution < 1.29 is 19.1 Å². The fourth-order valence-electron chi connectivity index (χ4n) is 2.60. The first-order valence-corrected chi connectivity index (χ1v) is 10.0. The molecule has 0 heterocycles. The quantitative estimate of drug-likeness (QED) is 0.458. The van der Waals surface area contributed by atoms with Gasteiger partial charge < -0.3 is 24.9 Å². The number of hydrogen-bond donors (Lipinski definition) is 4. The van der Waals surface area contributed by atoms with E-state index in [0.717, 1.165) is 12.8 Å². The average Bonchev–Trinajstić information content (AvgIpc) is 2.48. The molecule has 0 bridgehead atoms. The minimum Gasteiger partial charge on any atom is -0.388 e. The minimum absolute atomic E-state index is 0.172. The third-order valence-electron chi connectivity index (χ3n) is 5.06. The number of aliphatic hydroxyl groups excluding tert-OH is 1. The summed E-state index contributed by atoms with van der Waals surface area (Å²) in [6.07, 6.45) is 1.66. The third-order valence-corrected chi connectivity index (χ3v) is 6.78. The van der Waals surface area contributed by atoms with Gasteiger partial charge in [-0.3, -0.25) is 0 Å². The maximum Gasteiger partial charge on any atom is 0.527 e. The van der Waals surface area contributed by atoms with E-state index < -0.39 is 14.5 Å². The summed E-state index contributed by atoms with van der Waals surface area (Å²) in [6, 6.07) is 0. The topological polar surface area (TPSA) is 95.9 Å². The predicted molar refractivity (Wildman–Crippen MR) is 87.4 cm³/mol. The molecule has 0 spiro atoms. The minimum atomic E-state index is -4.17. The van der Waals surface area contributed by atoms with Gasteiger partial charge in [0.25, 0.3) is 0 Å². The molecule has 0 aromatic rings. The monoisotopic (exact) mass is 321 g/mol. The van der Waals surface area contributed by atoms with Crippen molar-refractivity contribution in [3.8, 4) is 0 Å². The average molecular weight is 322 g/mol. The summed E-state index contributed by atoms with van der Waals surface area (Å²) in [7, 11) is -4.17. The molecule has 0 aromatic heterocycles. The van der Waals surface area contributed by atoms with Crippen LogP contribution in [0.2, 0.25) is 0 Å². The van der Waals surface area contributed by atoms with Gasteiger partial charge in [0.15, 0.2) is 0 Å². The summed E-state index contributed by atoms with van der Waals surface area (Å²) >= 11 is 0. The molecule has 0 aliphatic carbocycles. The fourth-order valence-corrected chi connectivity index (χ4v) is 3.91. The highest BCUT2D eigenvalue weighted by atomic mass is 28.4. The summed E-state index contributed by atoms with van der Waals surface area (Å²) < 4.78 is 5.64. The van der Waals surface area contributed by atoms with Crippen LogP contribution in [0.15, 0.2) is 0 Å². The SMILES string of the molecule is CCC(C)C(C)C(C)C(O[Si](O)(O)C(O)CN)C(C)CC. The Morgan fingerprint density at radius 2 is 1.43 bits per heavy atom. The van der Waals surface area contributed by atoms with E-state index in [9.17, 15) is 14.7 Å². The first-order chi connectivity index (χ1) is 9.62. The molecule has 0 amide bonds. The zero-order chi connectivity index (χ0) is 16.8. The van der Waals surface area contributed by atoms with Gasteiger partial charge in [0.2, 0.25) is 0 Å². The molecule has 0 rings (SSSR count). The zero-order valence-corrected chi connectivity index (χ0v) is 15.4. The zero-order valence-electron chi connectivity index (χ0n) is 14.4. The molecule has 0 saturated carbocycles. The Balaban J connectivity index is 5.13. The molecule has 5 N–H and O–H groups in total. The van der Waals surface area contributed by atoms with Gasteiger partial charge >= 0.3 is 8.80 Å². The van der Waals surface area contributed by atoms with Crippen LogP contribution >= 0.6 is 0 Å². The molecule has 5 nitrogen and oxygen atoms in total. The van der Waals surface area contributed by atoms with E-state index in [2.05, 4.69) is 34.6 Å². The molecule has 0 saturated heterocycles. The van der Waals surface area contributed by atoms with Crippen LogP contribution in [0.4, 0.5) is 0 Å². The lowest BCUT2D eigenvalue weighted by Crippen LogP contribution is -2.58. The molecular formula is C15H35NO4Si. The van der Waals surface area contributed by atoms with Gasteiger partial charge in [-0.25, -0.2) is 0 Å². The molecule has 0 aromatic carbocycles. The molecule has 0 aliphatic rings. The van der Waals surface area contributed by atoms with E-state index in [4.69, 9.17) is 10.2 Å². The Morgan fingerprint density at radius 3 is 1.81 bits per heavy atom. The van der Waals surface area contributed by atoms with Crippen LogP contribution in [-0.4, -0.2) is 41.9 Å². The molecule has 0 radical (unpaired) electrons. The van der Waals surface area contributed by atoms with Crippen molar-refractivity contribution in [1.29, 1.82) is 0 Å². The normalized spacial score (nSPS) is 21.4. The number of hydrogen-bond acceptors (Lipinski definition) is 5. The van der Waals surface area contributed by atoms with Crippen LogP contribution in [0.5, 0.6) is 0 Å². The molecule has 0 aliphatic heterocycles. The molecule has 6 atom stereocenters. The van der Waals surface area contributed by atoms with E-state index in [1.807, 2.05) is 6.92 Å². The maximum atomic E-state index is 10.1. The highest BCUT2D eigenvalue weighted by molar-refractivity contribution is 6.59. The van der Waals surface area contributed by atoms with Gasteiger partial charge in [0.05, 0.1) is 6.10 Å². The summed E-state index contributed by atoms with van der Waals surface area (Å²) in [5.41, 5.74) is 3.95. The second-order valence-electron chi connectivity index (χ2n) is 6.48. The second kappa shape index (κ2) is 9.22. The second-order valence-corrected chi connectivity index (χ2v) is 8.70. The van der Waals surface area contributed by atoms with Crippen LogP contribution < -0.4 is 5.73 Å². The highest BCUT2D eigenvalue weighted by Gasteiger charge is 2.46. The van der Waals surface area contributed by atoms with E-state index >= 15 is 0 Å². The van der Waals surface area contributed by atoms with Gasteiger partial charge in [-0.15, -0.1) is 0 Å². The van der Waals surface area contributed by atoms with Crippen LogP contribution in [0.3, 0.4) is 0 Å². The van der Waals surface area contributed by atoms with E-state index in [0.29, 0.717) is 11.8 Å². The third kappa shape index (κ3) is 5.96. The van der Waals surface area contributed by atoms with Crippen LogP contribution in [0.1, 0.15) is 54.4 Å². The van der Waals surface area contributed by atoms with Crippen molar-refractivity contribution in [2.75, 3.05) is 6.54 Å². The number of rotatable bonds is 10. The summed E-state index contributed by atoms with van der Waals surface area (Å²) in [4.78, 5) is 20.1. The molecule has 21 heavy (non-hydrogen) atoms. The maximum absolute atomic E-state index is 10.1. The van der Waals surface area contributed by atoms with Gasteiger partial charge in [0, 0.05) is 6.54 Å². The lowest BCUT2D eigenvalue weighted by molar-refractivity contribution is -0.0231. The predicted octanol–water partition coefficient (Wildman–Crippen LogP) is 1.52. The van der Waals surface area contributed by atoms with Crippen molar-refractivity contribution in [3.05, 3.63) is 0 Å². The van der Waals surface area contributed by atoms with Gasteiger partial charge in [-0.2, -0.15) is 0 Å². The van der Waals surface area contributed by atoms with Crippen molar-refractivity contribution in [2.24, 2.45) is 29.4 Å². The largest absolute Gasteiger partial charge is 0.527 e. The summed E-state index contributed by atoms with van der Waals surface area (Å²) in [5, 5.41) is 9.68. The number of nitrogens with two attached hydrogens (primary N) is 1. The smallest absolute Gasteiger partial charge is 0.388 e. The van der Waals surface area contributed by atoms with Crippen molar-refractivity contribution >= 4 is 8.80 Å². The lowest BCUT2D eigenvalue weighted by atomic mass is 9.77. The number of aliphatic hydroxyl groups is 1. The molecule has 0 fully saturated rings. The van der Waals surface area contributed by atoms with Crippen molar-refractivity contribution in [3.63, 3.8) is 0 Å². The Bertz CT molecular complexity index is 291. The fraction of sp³-hybridized carbons (Fsp3) is 1.00. The summed E-state index contributed by atoms with van der Waals surface area (Å²) in [5.74, 6) is 1.28. The van der Waals surface area contributed by atoms with E-state index in [-0.39, 0.29) is 24.5 Å². The van der Waals surface area contributed by atoms with Crippen LogP contribution in [0.25, 0.3) is 0 Å². The van der Waals surface area contributed by atoms with Crippen LogP contribution in [0, 0.1) is 23.7 Å². The van der Waals surface area contributed by atoms with Crippen LogP contribution in [-0.2, 0) is 4.43 Å². The molecule has 6 heteroatoms. The molecular weight excluding hydrogens is 286 g/mol. The Kier molecular flexibility index (Phi) is 9.23. The lowest BCUT2D eigenvalue weighted by Gasteiger charge is -2.38. The Labute approximate surface area is 130 Å². The van der Waals surface area contributed by atoms with Gasteiger partial charge in [-0.05, 0) is 23.7 Å². The van der Waals surface area contributed by atoms with Gasteiger partial charge in [-0.1, -0.05) is 54.4 Å². The van der Waals surface area contributed by atoms with Gasteiger partial charge in [0.1, 0.15) is 5.73 Å². The van der Waals surface area contributed by atoms with Crippen molar-refractivity contribution in [2.45, 2.75) is 66.2 Å². The van der Waals surface area contributed by atoms with E-state index in [1.165, 1.54) is 0 Å². The summed E-state index contributed by atoms with van der Waals surface area (Å²) in [6.45, 7) is 12.5. The van der Waals surface area contributed by atoms with E-state index in [1.54, 1.807) is 0 Å².